The van der Waals surface area contributed by atoms with E-state index in [-0.39, 0.29) is 11.3 Å². The van der Waals surface area contributed by atoms with Gasteiger partial charge in [-0.15, -0.1) is 0 Å². The van der Waals surface area contributed by atoms with E-state index in [0.717, 1.165) is 16.7 Å². The van der Waals surface area contributed by atoms with Gasteiger partial charge < -0.3 is 9.84 Å². The highest BCUT2D eigenvalue weighted by Crippen LogP contribution is 2.44. The summed E-state index contributed by atoms with van der Waals surface area (Å²) in [4.78, 5) is 32.5. The van der Waals surface area contributed by atoms with Gasteiger partial charge in [0, 0.05) is 5.56 Å². The smallest absolute Gasteiger partial charge is 0.301 e. The minimum absolute atomic E-state index is 0.0794. The van der Waals surface area contributed by atoms with Crippen LogP contribution in [0.1, 0.15) is 36.1 Å². The number of anilines is 1. The first-order valence-electron chi connectivity index (χ1n) is 11.5. The maximum Gasteiger partial charge on any atom is 0.301 e. The van der Waals surface area contributed by atoms with Crippen LogP contribution in [0.4, 0.5) is 9.52 Å². The van der Waals surface area contributed by atoms with E-state index >= 15 is 0 Å². The molecule has 0 aliphatic carbocycles. The lowest BCUT2D eigenvalue weighted by molar-refractivity contribution is -0.132. The van der Waals surface area contributed by atoms with Crippen molar-refractivity contribution >= 4 is 44.1 Å². The molecule has 0 radical (unpaired) electrons. The predicted molar refractivity (Wildman–Crippen MR) is 138 cm³/mol. The Bertz CT molecular complexity index is 1490. The molecule has 2 heterocycles. The van der Waals surface area contributed by atoms with Crippen molar-refractivity contribution in [1.82, 2.24) is 4.98 Å². The van der Waals surface area contributed by atoms with E-state index in [0.29, 0.717) is 34.1 Å². The maximum absolute atomic E-state index is 13.7. The third-order valence-corrected chi connectivity index (χ3v) is 6.99. The third-order valence-electron chi connectivity index (χ3n) is 5.97. The molecule has 0 bridgehead atoms. The van der Waals surface area contributed by atoms with E-state index in [2.05, 4.69) is 4.98 Å². The first-order valence-corrected chi connectivity index (χ1v) is 12.4. The van der Waals surface area contributed by atoms with Crippen LogP contribution in [0.3, 0.4) is 0 Å². The summed E-state index contributed by atoms with van der Waals surface area (Å²) in [5.41, 5.74) is 2.51. The molecule has 5 rings (SSSR count). The topological polar surface area (TPSA) is 79.7 Å². The summed E-state index contributed by atoms with van der Waals surface area (Å²) in [6.45, 7) is 4.52. The van der Waals surface area contributed by atoms with Crippen molar-refractivity contribution in [2.75, 3.05) is 11.5 Å². The number of carbonyl (C=O) groups is 2. The van der Waals surface area contributed by atoms with Crippen molar-refractivity contribution in [2.45, 2.75) is 26.3 Å². The second kappa shape index (κ2) is 9.54. The molecule has 1 N–H and O–H groups in total. The zero-order chi connectivity index (χ0) is 25.4. The van der Waals surface area contributed by atoms with Crippen molar-refractivity contribution in [2.24, 2.45) is 0 Å². The number of aliphatic hydroxyl groups is 1. The van der Waals surface area contributed by atoms with Crippen molar-refractivity contribution in [3.8, 4) is 5.75 Å². The number of ketones is 1. The number of benzene rings is 3. The van der Waals surface area contributed by atoms with Crippen molar-refractivity contribution in [3.05, 3.63) is 94.8 Å². The average Bonchev–Trinajstić information content (AvgIpc) is 3.40. The Kier molecular flexibility index (Phi) is 6.28. The van der Waals surface area contributed by atoms with Gasteiger partial charge in [-0.05, 0) is 73.0 Å². The number of aliphatic hydroxyl groups excluding tert-OH is 1. The van der Waals surface area contributed by atoms with Crippen molar-refractivity contribution in [1.29, 1.82) is 0 Å². The van der Waals surface area contributed by atoms with Gasteiger partial charge in [0.2, 0.25) is 0 Å². The summed E-state index contributed by atoms with van der Waals surface area (Å²) in [5.74, 6) is -1.76. The fourth-order valence-corrected chi connectivity index (χ4v) is 5.29. The molecule has 1 aliphatic heterocycles. The summed E-state index contributed by atoms with van der Waals surface area (Å²) >= 11 is 1.28. The summed E-state index contributed by atoms with van der Waals surface area (Å²) in [5, 5.41) is 11.6. The number of halogens is 1. The standard InChI is InChI=1S/C28H23FN2O4S/c1-3-14-35-20-11-7-18(8-12-20)25(32)23-24(17-5-9-19(29)10-6-17)31(27(34)26(23)33)28-30-21-13-4-16(2)15-22(21)36-28/h4-13,15,24,32H,3,14H2,1-2H3. The van der Waals surface area contributed by atoms with Crippen LogP contribution in [0.15, 0.2) is 72.3 Å². The molecule has 1 atom stereocenters. The second-order valence-corrected chi connectivity index (χ2v) is 9.57. The fourth-order valence-electron chi connectivity index (χ4n) is 4.20. The number of carbonyl (C=O) groups excluding carboxylic acids is 2. The lowest BCUT2D eigenvalue weighted by Gasteiger charge is -2.23. The zero-order valence-electron chi connectivity index (χ0n) is 19.7. The number of hydrogen-bond donors (Lipinski definition) is 1. The number of nitrogens with zero attached hydrogens (tertiary/aromatic N) is 2. The fraction of sp³-hybridized carbons (Fsp3) is 0.179. The Morgan fingerprint density at radius 3 is 2.50 bits per heavy atom. The molecule has 36 heavy (non-hydrogen) atoms. The highest BCUT2D eigenvalue weighted by molar-refractivity contribution is 7.22. The Labute approximate surface area is 211 Å². The second-order valence-electron chi connectivity index (χ2n) is 8.56. The molecule has 6 nitrogen and oxygen atoms in total. The Hall–Kier alpha value is -4.04. The lowest BCUT2D eigenvalue weighted by atomic mass is 9.95. The molecule has 1 amide bonds. The molecule has 1 fully saturated rings. The molecule has 1 aliphatic rings. The van der Waals surface area contributed by atoms with E-state index in [1.165, 1.54) is 40.5 Å². The quantitative estimate of drug-likeness (QED) is 0.194. The summed E-state index contributed by atoms with van der Waals surface area (Å²) in [6, 6.07) is 17.0. The highest BCUT2D eigenvalue weighted by atomic mass is 32.1. The van der Waals surface area contributed by atoms with Gasteiger partial charge in [-0.2, -0.15) is 0 Å². The number of Topliss-reactive ketones (excluding diaryl/α,β-unsaturated/α-hetero) is 1. The number of aromatic nitrogens is 1. The number of aryl methyl sites for hydroxylation is 1. The summed E-state index contributed by atoms with van der Waals surface area (Å²) < 4.78 is 20.2. The SMILES string of the molecule is CCCOc1ccc(C(O)=C2C(=O)C(=O)N(c3nc4ccc(C)cc4s3)C2c2ccc(F)cc2)cc1. The van der Waals surface area contributed by atoms with Crippen LogP contribution in [-0.4, -0.2) is 28.4 Å². The van der Waals surface area contributed by atoms with E-state index in [1.807, 2.05) is 32.0 Å². The molecular formula is C28H23FN2O4S. The van der Waals surface area contributed by atoms with Crippen LogP contribution in [0, 0.1) is 12.7 Å². The zero-order valence-corrected chi connectivity index (χ0v) is 20.5. The highest BCUT2D eigenvalue weighted by Gasteiger charge is 2.48. The number of fused-ring (bicyclic) bond motifs is 1. The monoisotopic (exact) mass is 502 g/mol. The van der Waals surface area contributed by atoms with Gasteiger partial charge in [0.1, 0.15) is 17.3 Å². The van der Waals surface area contributed by atoms with Gasteiger partial charge in [0.15, 0.2) is 5.13 Å². The molecule has 1 saturated heterocycles. The van der Waals surface area contributed by atoms with Crippen LogP contribution in [0.2, 0.25) is 0 Å². The van der Waals surface area contributed by atoms with Crippen molar-refractivity contribution in [3.63, 3.8) is 0 Å². The van der Waals surface area contributed by atoms with Crippen LogP contribution in [-0.2, 0) is 9.59 Å². The number of rotatable bonds is 6. The van der Waals surface area contributed by atoms with Crippen LogP contribution >= 0.6 is 11.3 Å². The average molecular weight is 503 g/mol. The summed E-state index contributed by atoms with van der Waals surface area (Å²) in [7, 11) is 0. The van der Waals surface area contributed by atoms with E-state index in [9.17, 15) is 19.1 Å². The first kappa shape index (κ1) is 23.7. The molecule has 3 aromatic carbocycles. The van der Waals surface area contributed by atoms with Crippen LogP contribution < -0.4 is 9.64 Å². The number of ether oxygens (including phenoxy) is 1. The third kappa shape index (κ3) is 4.24. The van der Waals surface area contributed by atoms with Gasteiger partial charge in [0.25, 0.3) is 5.78 Å². The van der Waals surface area contributed by atoms with Gasteiger partial charge in [0.05, 0.1) is 28.4 Å². The molecule has 0 saturated carbocycles. The molecule has 4 aromatic rings. The van der Waals surface area contributed by atoms with Gasteiger partial charge >= 0.3 is 5.91 Å². The van der Waals surface area contributed by atoms with Gasteiger partial charge in [-0.3, -0.25) is 14.5 Å². The largest absolute Gasteiger partial charge is 0.507 e. The van der Waals surface area contributed by atoms with E-state index in [4.69, 9.17) is 4.74 Å². The molecular weight excluding hydrogens is 479 g/mol. The molecule has 8 heteroatoms. The predicted octanol–water partition coefficient (Wildman–Crippen LogP) is 6.16. The van der Waals surface area contributed by atoms with Crippen LogP contribution in [0.25, 0.3) is 16.0 Å². The van der Waals surface area contributed by atoms with E-state index in [1.54, 1.807) is 24.3 Å². The Balaban J connectivity index is 1.65. The summed E-state index contributed by atoms with van der Waals surface area (Å²) in [6.07, 6.45) is 0.855. The van der Waals surface area contributed by atoms with E-state index < -0.39 is 23.5 Å². The molecule has 0 spiro atoms. The maximum atomic E-state index is 13.7. The normalized spacial score (nSPS) is 17.2. The molecule has 182 valence electrons. The lowest BCUT2D eigenvalue weighted by Crippen LogP contribution is -2.29. The number of hydrogen-bond acceptors (Lipinski definition) is 6. The van der Waals surface area contributed by atoms with Gasteiger partial charge in [-0.25, -0.2) is 9.37 Å². The van der Waals surface area contributed by atoms with Crippen LogP contribution in [0.5, 0.6) is 5.75 Å². The Morgan fingerprint density at radius 2 is 1.81 bits per heavy atom. The molecule has 1 unspecified atom stereocenters. The minimum Gasteiger partial charge on any atom is -0.507 e. The Morgan fingerprint density at radius 1 is 1.08 bits per heavy atom. The number of amides is 1. The molecule has 1 aromatic heterocycles. The first-order chi connectivity index (χ1) is 17.4. The van der Waals surface area contributed by atoms with Gasteiger partial charge in [-0.1, -0.05) is 36.5 Å². The minimum atomic E-state index is -0.969. The number of thiazole rings is 1. The van der Waals surface area contributed by atoms with Crippen molar-refractivity contribution < 1.29 is 23.8 Å².